The Hall–Kier alpha value is -2.93. The van der Waals surface area contributed by atoms with Gasteiger partial charge < -0.3 is 19.9 Å². The number of carbonyl (C=O) groups excluding carboxylic acids is 2. The molecule has 152 valence electrons. The van der Waals surface area contributed by atoms with E-state index in [-0.39, 0.29) is 30.5 Å². The SMILES string of the molecule is Cc1ccc(N2CC(C(=O)Nc3ccccc3N3CCOCC3)CC2=O)c(F)c1. The second-order valence-corrected chi connectivity index (χ2v) is 7.47. The number of benzene rings is 2. The minimum absolute atomic E-state index is 0.0683. The average molecular weight is 397 g/mol. The highest BCUT2D eigenvalue weighted by atomic mass is 19.1. The Labute approximate surface area is 169 Å². The van der Waals surface area contributed by atoms with Crippen molar-refractivity contribution in [3.05, 3.63) is 53.8 Å². The second-order valence-electron chi connectivity index (χ2n) is 7.47. The lowest BCUT2D eigenvalue weighted by Crippen LogP contribution is -2.37. The minimum atomic E-state index is -0.527. The normalized spacial score (nSPS) is 19.5. The van der Waals surface area contributed by atoms with Crippen molar-refractivity contribution >= 4 is 28.9 Å². The predicted octanol–water partition coefficient (Wildman–Crippen LogP) is 2.96. The van der Waals surface area contributed by atoms with Crippen LogP contribution in [0.1, 0.15) is 12.0 Å². The van der Waals surface area contributed by atoms with Crippen LogP contribution in [0, 0.1) is 18.7 Å². The first-order valence-corrected chi connectivity index (χ1v) is 9.82. The number of ether oxygens (including phenoxy) is 1. The van der Waals surface area contributed by atoms with Crippen molar-refractivity contribution in [1.82, 2.24) is 0 Å². The van der Waals surface area contributed by atoms with Gasteiger partial charge in [0.1, 0.15) is 5.82 Å². The maximum absolute atomic E-state index is 14.3. The highest BCUT2D eigenvalue weighted by Gasteiger charge is 2.36. The van der Waals surface area contributed by atoms with E-state index in [9.17, 15) is 14.0 Å². The Bertz CT molecular complexity index is 927. The number of hydrogen-bond acceptors (Lipinski definition) is 4. The molecule has 0 radical (unpaired) electrons. The van der Waals surface area contributed by atoms with Gasteiger partial charge in [-0.2, -0.15) is 0 Å². The van der Waals surface area contributed by atoms with E-state index in [1.807, 2.05) is 24.3 Å². The van der Waals surface area contributed by atoms with Crippen LogP contribution in [0.5, 0.6) is 0 Å². The molecule has 2 aromatic carbocycles. The highest BCUT2D eigenvalue weighted by molar-refractivity contribution is 6.04. The molecular weight excluding hydrogens is 373 g/mol. The molecule has 1 atom stereocenters. The number of amides is 2. The molecule has 0 saturated carbocycles. The van der Waals surface area contributed by atoms with Gasteiger partial charge in [0.25, 0.3) is 0 Å². The fourth-order valence-corrected chi connectivity index (χ4v) is 3.84. The van der Waals surface area contributed by atoms with E-state index in [0.29, 0.717) is 18.9 Å². The van der Waals surface area contributed by atoms with E-state index in [2.05, 4.69) is 10.2 Å². The standard InChI is InChI=1S/C22H24FN3O3/c1-15-6-7-19(17(23)12-15)26-14-16(13-21(26)27)22(28)24-18-4-2-3-5-20(18)25-8-10-29-11-9-25/h2-7,12,16H,8-11,13-14H2,1H3,(H,24,28). The first kappa shape index (κ1) is 19.4. The van der Waals surface area contributed by atoms with Gasteiger partial charge in [0.2, 0.25) is 11.8 Å². The van der Waals surface area contributed by atoms with Crippen LogP contribution in [0.2, 0.25) is 0 Å². The van der Waals surface area contributed by atoms with Crippen molar-refractivity contribution in [1.29, 1.82) is 0 Å². The molecule has 1 N–H and O–H groups in total. The van der Waals surface area contributed by atoms with Gasteiger partial charge in [0.05, 0.1) is 36.2 Å². The van der Waals surface area contributed by atoms with Crippen LogP contribution >= 0.6 is 0 Å². The van der Waals surface area contributed by atoms with Gasteiger partial charge in [-0.3, -0.25) is 9.59 Å². The van der Waals surface area contributed by atoms with Gasteiger partial charge in [-0.1, -0.05) is 18.2 Å². The number of aryl methyl sites for hydroxylation is 1. The molecule has 2 heterocycles. The van der Waals surface area contributed by atoms with Crippen molar-refractivity contribution in [2.75, 3.05) is 48.0 Å². The first-order valence-electron chi connectivity index (χ1n) is 9.82. The molecule has 7 heteroatoms. The summed E-state index contributed by atoms with van der Waals surface area (Å²) < 4.78 is 19.7. The van der Waals surface area contributed by atoms with Crippen LogP contribution in [0.15, 0.2) is 42.5 Å². The van der Waals surface area contributed by atoms with Crippen LogP contribution < -0.4 is 15.1 Å². The van der Waals surface area contributed by atoms with Crippen molar-refractivity contribution in [3.63, 3.8) is 0 Å². The summed E-state index contributed by atoms with van der Waals surface area (Å²) in [7, 11) is 0. The Balaban J connectivity index is 1.48. The molecule has 4 rings (SSSR count). The zero-order valence-corrected chi connectivity index (χ0v) is 16.4. The third-order valence-electron chi connectivity index (χ3n) is 5.40. The number of para-hydroxylation sites is 2. The number of rotatable bonds is 4. The third kappa shape index (κ3) is 4.10. The van der Waals surface area contributed by atoms with E-state index in [0.717, 1.165) is 24.3 Å². The molecule has 2 aliphatic rings. The zero-order chi connectivity index (χ0) is 20.4. The molecular formula is C22H24FN3O3. The largest absolute Gasteiger partial charge is 0.378 e. The van der Waals surface area contributed by atoms with Crippen LogP contribution in [-0.2, 0) is 14.3 Å². The summed E-state index contributed by atoms with van der Waals surface area (Å²) in [6.45, 7) is 4.78. The molecule has 29 heavy (non-hydrogen) atoms. The number of nitrogens with one attached hydrogen (secondary N) is 1. The molecule has 1 unspecified atom stereocenters. The summed E-state index contributed by atoms with van der Waals surface area (Å²) in [5.74, 6) is -1.44. The number of carbonyl (C=O) groups is 2. The maximum Gasteiger partial charge on any atom is 0.229 e. The lowest BCUT2D eigenvalue weighted by molar-refractivity contribution is -0.122. The monoisotopic (exact) mass is 397 g/mol. The molecule has 2 saturated heterocycles. The molecule has 2 aliphatic heterocycles. The van der Waals surface area contributed by atoms with Crippen LogP contribution in [0.3, 0.4) is 0 Å². The average Bonchev–Trinajstić information content (AvgIpc) is 3.11. The molecule has 0 aromatic heterocycles. The second kappa shape index (κ2) is 8.21. The van der Waals surface area contributed by atoms with Gasteiger partial charge in [-0.25, -0.2) is 4.39 Å². The third-order valence-corrected chi connectivity index (χ3v) is 5.40. The number of anilines is 3. The Morgan fingerprint density at radius 1 is 1.14 bits per heavy atom. The summed E-state index contributed by atoms with van der Waals surface area (Å²) in [6.07, 6.45) is 0.0683. The van der Waals surface area contributed by atoms with Crippen LogP contribution in [0.4, 0.5) is 21.5 Å². The lowest BCUT2D eigenvalue weighted by atomic mass is 10.1. The predicted molar refractivity (Wildman–Crippen MR) is 110 cm³/mol. The van der Waals surface area contributed by atoms with Gasteiger partial charge >= 0.3 is 0 Å². The van der Waals surface area contributed by atoms with Crippen molar-refractivity contribution in [2.45, 2.75) is 13.3 Å². The molecule has 6 nitrogen and oxygen atoms in total. The van der Waals surface area contributed by atoms with Gasteiger partial charge in [-0.15, -0.1) is 0 Å². The van der Waals surface area contributed by atoms with Crippen molar-refractivity contribution in [3.8, 4) is 0 Å². The van der Waals surface area contributed by atoms with Gasteiger partial charge in [0, 0.05) is 26.1 Å². The van der Waals surface area contributed by atoms with Crippen molar-refractivity contribution < 1.29 is 18.7 Å². The molecule has 0 aliphatic carbocycles. The fourth-order valence-electron chi connectivity index (χ4n) is 3.84. The van der Waals surface area contributed by atoms with E-state index >= 15 is 0 Å². The minimum Gasteiger partial charge on any atom is -0.378 e. The van der Waals surface area contributed by atoms with E-state index in [1.54, 1.807) is 19.1 Å². The topological polar surface area (TPSA) is 61.9 Å². The molecule has 2 fully saturated rings. The molecule has 0 spiro atoms. The lowest BCUT2D eigenvalue weighted by Gasteiger charge is -2.30. The van der Waals surface area contributed by atoms with E-state index < -0.39 is 11.7 Å². The Morgan fingerprint density at radius 2 is 1.90 bits per heavy atom. The number of halogens is 1. The summed E-state index contributed by atoms with van der Waals surface area (Å²) in [5.41, 5.74) is 2.67. The number of nitrogens with zero attached hydrogens (tertiary/aromatic N) is 2. The molecule has 2 amide bonds. The smallest absolute Gasteiger partial charge is 0.229 e. The summed E-state index contributed by atoms with van der Waals surface area (Å²) in [6, 6.07) is 12.4. The van der Waals surface area contributed by atoms with Crippen molar-refractivity contribution in [2.24, 2.45) is 5.92 Å². The quantitative estimate of drug-likeness (QED) is 0.862. The maximum atomic E-state index is 14.3. The van der Waals surface area contributed by atoms with Gasteiger partial charge in [0.15, 0.2) is 0 Å². The summed E-state index contributed by atoms with van der Waals surface area (Å²) in [5, 5.41) is 2.97. The van der Waals surface area contributed by atoms with Crippen LogP contribution in [0.25, 0.3) is 0 Å². The Morgan fingerprint density at radius 3 is 2.66 bits per heavy atom. The van der Waals surface area contributed by atoms with E-state index in [1.165, 1.54) is 11.0 Å². The number of hydrogen-bond donors (Lipinski definition) is 1. The summed E-state index contributed by atoms with van der Waals surface area (Å²) in [4.78, 5) is 28.9. The number of morpholine rings is 1. The van der Waals surface area contributed by atoms with Gasteiger partial charge in [-0.05, 0) is 36.8 Å². The van der Waals surface area contributed by atoms with E-state index in [4.69, 9.17) is 4.74 Å². The highest BCUT2D eigenvalue weighted by Crippen LogP contribution is 2.31. The summed E-state index contributed by atoms with van der Waals surface area (Å²) >= 11 is 0. The zero-order valence-electron chi connectivity index (χ0n) is 16.4. The van der Waals surface area contributed by atoms with Crippen LogP contribution in [-0.4, -0.2) is 44.7 Å². The molecule has 0 bridgehead atoms. The fraction of sp³-hybridized carbons (Fsp3) is 0.364. The molecule has 2 aromatic rings. The Kier molecular flexibility index (Phi) is 5.49. The first-order chi connectivity index (χ1) is 14.0.